The molecule has 0 atom stereocenters. The maximum atomic E-state index is 12.7. The number of nitrogens with zero attached hydrogens (tertiary/aromatic N) is 2. The third kappa shape index (κ3) is 4.77. The van der Waals surface area contributed by atoms with Gasteiger partial charge in [0.15, 0.2) is 0 Å². The van der Waals surface area contributed by atoms with Crippen molar-refractivity contribution in [2.75, 3.05) is 5.32 Å². The molecule has 0 spiro atoms. The number of hydrogen-bond donors (Lipinski definition) is 1. The van der Waals surface area contributed by atoms with Gasteiger partial charge in [0.25, 0.3) is 0 Å². The van der Waals surface area contributed by atoms with Crippen LogP contribution in [-0.4, -0.2) is 15.7 Å². The number of aromatic nitrogens is 2. The first kappa shape index (κ1) is 20.9. The Hall–Kier alpha value is -1.82. The third-order valence-electron chi connectivity index (χ3n) is 4.19. The molecule has 1 N–H and O–H groups in total. The highest BCUT2D eigenvalue weighted by molar-refractivity contribution is 9.10. The zero-order chi connectivity index (χ0) is 20.5. The molecule has 0 aliphatic heterocycles. The molecule has 0 aliphatic carbocycles. The maximum Gasteiger partial charge on any atom is 0.229 e. The van der Waals surface area contributed by atoms with Gasteiger partial charge in [-0.15, -0.1) is 0 Å². The second-order valence-corrected chi connectivity index (χ2v) is 9.19. The summed E-state index contributed by atoms with van der Waals surface area (Å²) < 4.78 is 2.53. The van der Waals surface area contributed by atoms with Gasteiger partial charge in [0.05, 0.1) is 22.8 Å². The van der Waals surface area contributed by atoms with Crippen molar-refractivity contribution in [2.45, 2.75) is 32.6 Å². The number of rotatable bonds is 4. The highest BCUT2D eigenvalue weighted by Gasteiger charge is 2.22. The number of amides is 1. The summed E-state index contributed by atoms with van der Waals surface area (Å²) in [7, 11) is 0. The van der Waals surface area contributed by atoms with Gasteiger partial charge in [0, 0.05) is 21.0 Å². The fourth-order valence-electron chi connectivity index (χ4n) is 2.67. The minimum atomic E-state index is -0.196. The van der Waals surface area contributed by atoms with Gasteiger partial charge in [0.2, 0.25) is 5.91 Å². The molecule has 0 saturated heterocycles. The van der Waals surface area contributed by atoms with Gasteiger partial charge in [-0.3, -0.25) is 4.79 Å². The van der Waals surface area contributed by atoms with Crippen molar-refractivity contribution in [3.8, 4) is 5.69 Å². The Morgan fingerprint density at radius 1 is 1.14 bits per heavy atom. The number of benzene rings is 2. The summed E-state index contributed by atoms with van der Waals surface area (Å²) in [5.41, 5.74) is 2.15. The van der Waals surface area contributed by atoms with Crippen LogP contribution in [0.2, 0.25) is 10.0 Å². The van der Waals surface area contributed by atoms with Crippen molar-refractivity contribution < 1.29 is 4.79 Å². The number of anilines is 1. The molecule has 0 bridgehead atoms. The average molecular weight is 481 g/mol. The summed E-state index contributed by atoms with van der Waals surface area (Å²) in [6.45, 7) is 6.18. The Morgan fingerprint density at radius 3 is 2.54 bits per heavy atom. The van der Waals surface area contributed by atoms with Crippen LogP contribution in [0.15, 0.2) is 53.0 Å². The van der Waals surface area contributed by atoms with Crippen LogP contribution in [0.3, 0.4) is 0 Å². The number of carbonyl (C=O) groups is 1. The summed E-state index contributed by atoms with van der Waals surface area (Å²) in [5.74, 6) is 0.401. The molecule has 1 amide bonds. The Bertz CT molecular complexity index is 1020. The first-order valence-corrected chi connectivity index (χ1v) is 10.3. The Kier molecular flexibility index (Phi) is 6.18. The number of halogens is 3. The van der Waals surface area contributed by atoms with E-state index >= 15 is 0 Å². The van der Waals surface area contributed by atoms with Gasteiger partial charge in [-0.1, -0.05) is 78.1 Å². The smallest absolute Gasteiger partial charge is 0.229 e. The van der Waals surface area contributed by atoms with Gasteiger partial charge >= 0.3 is 0 Å². The molecule has 0 radical (unpaired) electrons. The molecule has 28 heavy (non-hydrogen) atoms. The molecule has 7 heteroatoms. The minimum Gasteiger partial charge on any atom is -0.310 e. The molecule has 2 aromatic carbocycles. The second-order valence-electron chi connectivity index (χ2n) is 7.49. The maximum absolute atomic E-state index is 12.7. The molecule has 3 aromatic rings. The Morgan fingerprint density at radius 2 is 1.86 bits per heavy atom. The van der Waals surface area contributed by atoms with E-state index in [0.717, 1.165) is 15.7 Å². The van der Waals surface area contributed by atoms with Gasteiger partial charge in [0.1, 0.15) is 5.82 Å². The summed E-state index contributed by atoms with van der Waals surface area (Å²) >= 11 is 16.0. The summed E-state index contributed by atoms with van der Waals surface area (Å²) in [5, 5.41) is 8.68. The molecule has 0 aliphatic rings. The van der Waals surface area contributed by atoms with Gasteiger partial charge in [-0.2, -0.15) is 5.10 Å². The van der Waals surface area contributed by atoms with Crippen LogP contribution in [0.25, 0.3) is 5.69 Å². The van der Waals surface area contributed by atoms with Crippen molar-refractivity contribution >= 4 is 50.9 Å². The zero-order valence-corrected chi connectivity index (χ0v) is 18.9. The van der Waals surface area contributed by atoms with Crippen molar-refractivity contribution in [3.63, 3.8) is 0 Å². The van der Waals surface area contributed by atoms with Crippen LogP contribution >= 0.6 is 39.1 Å². The van der Waals surface area contributed by atoms with Gasteiger partial charge in [-0.25, -0.2) is 4.68 Å². The lowest BCUT2D eigenvalue weighted by atomic mass is 9.92. The minimum absolute atomic E-state index is 0.147. The van der Waals surface area contributed by atoms with Gasteiger partial charge in [-0.05, 0) is 29.8 Å². The van der Waals surface area contributed by atoms with Crippen LogP contribution < -0.4 is 5.32 Å². The number of hydrogen-bond acceptors (Lipinski definition) is 2. The predicted octanol–water partition coefficient (Wildman–Crippen LogP) is 6.42. The largest absolute Gasteiger partial charge is 0.310 e. The van der Waals surface area contributed by atoms with E-state index in [9.17, 15) is 4.79 Å². The third-order valence-corrected chi connectivity index (χ3v) is 5.52. The van der Waals surface area contributed by atoms with Crippen LogP contribution in [0.1, 0.15) is 32.0 Å². The normalized spacial score (nSPS) is 11.5. The summed E-state index contributed by atoms with van der Waals surface area (Å²) in [4.78, 5) is 12.7. The Balaban J connectivity index is 1.97. The highest BCUT2D eigenvalue weighted by atomic mass is 79.9. The number of carbonyl (C=O) groups excluding carboxylic acids is 1. The molecule has 0 unspecified atom stereocenters. The standard InChI is InChI=1S/C21H20BrCl2N3O/c1-21(2,3)18-12-19(25-20(28)10-13-6-4-5-7-15(13)22)27(26-18)17-11-14(23)8-9-16(17)24/h4-9,11-12H,10H2,1-3H3,(H,25,28). The van der Waals surface area contributed by atoms with E-state index < -0.39 is 0 Å². The Labute approximate surface area is 183 Å². The molecule has 0 fully saturated rings. The molecule has 146 valence electrons. The molecule has 1 aromatic heterocycles. The van der Waals surface area contributed by atoms with Crippen LogP contribution in [-0.2, 0) is 16.6 Å². The first-order chi connectivity index (χ1) is 13.1. The van der Waals surface area contributed by atoms with E-state index in [-0.39, 0.29) is 17.7 Å². The van der Waals surface area contributed by atoms with Gasteiger partial charge < -0.3 is 5.32 Å². The SMILES string of the molecule is CC(C)(C)c1cc(NC(=O)Cc2ccccc2Br)n(-c2cc(Cl)ccc2Cl)n1. The monoisotopic (exact) mass is 479 g/mol. The lowest BCUT2D eigenvalue weighted by Crippen LogP contribution is -2.17. The van der Waals surface area contributed by atoms with Crippen LogP contribution in [0, 0.1) is 0 Å². The highest BCUT2D eigenvalue weighted by Crippen LogP contribution is 2.31. The molecule has 3 rings (SSSR count). The topological polar surface area (TPSA) is 46.9 Å². The lowest BCUT2D eigenvalue weighted by molar-refractivity contribution is -0.115. The summed E-state index contributed by atoms with van der Waals surface area (Å²) in [6.07, 6.45) is 0.237. The lowest BCUT2D eigenvalue weighted by Gasteiger charge is -2.14. The number of nitrogens with one attached hydrogen (secondary N) is 1. The molecular weight excluding hydrogens is 461 g/mol. The van der Waals surface area contributed by atoms with Crippen LogP contribution in [0.4, 0.5) is 5.82 Å². The fraction of sp³-hybridized carbons (Fsp3) is 0.238. The fourth-order valence-corrected chi connectivity index (χ4v) is 3.46. The van der Waals surface area contributed by atoms with Crippen molar-refractivity contribution in [3.05, 3.63) is 74.3 Å². The van der Waals surface area contributed by atoms with E-state index in [0.29, 0.717) is 21.6 Å². The molecule has 0 saturated carbocycles. The average Bonchev–Trinajstić information content (AvgIpc) is 3.03. The van der Waals surface area contributed by atoms with Crippen molar-refractivity contribution in [1.29, 1.82) is 0 Å². The first-order valence-electron chi connectivity index (χ1n) is 8.74. The van der Waals surface area contributed by atoms with Crippen molar-refractivity contribution in [2.24, 2.45) is 0 Å². The molecule has 4 nitrogen and oxygen atoms in total. The second kappa shape index (κ2) is 8.27. The van der Waals surface area contributed by atoms with E-state index in [1.54, 1.807) is 22.9 Å². The van der Waals surface area contributed by atoms with Crippen LogP contribution in [0.5, 0.6) is 0 Å². The predicted molar refractivity (Wildman–Crippen MR) is 119 cm³/mol. The van der Waals surface area contributed by atoms with E-state index in [1.807, 2.05) is 30.3 Å². The molecule has 1 heterocycles. The van der Waals surface area contributed by atoms with E-state index in [2.05, 4.69) is 47.1 Å². The van der Waals surface area contributed by atoms with E-state index in [1.165, 1.54) is 0 Å². The van der Waals surface area contributed by atoms with E-state index in [4.69, 9.17) is 23.2 Å². The van der Waals surface area contributed by atoms with Crippen molar-refractivity contribution in [1.82, 2.24) is 9.78 Å². The quantitative estimate of drug-likeness (QED) is 0.468. The molecular formula is C21H20BrCl2N3O. The summed E-state index contributed by atoms with van der Waals surface area (Å²) in [6, 6.07) is 14.7. The zero-order valence-electron chi connectivity index (χ0n) is 15.8.